The summed E-state index contributed by atoms with van der Waals surface area (Å²) in [4.78, 5) is 11.9. The van der Waals surface area contributed by atoms with Crippen LogP contribution in [0.3, 0.4) is 0 Å². The summed E-state index contributed by atoms with van der Waals surface area (Å²) < 4.78 is 13.5. The monoisotopic (exact) mass is 279 g/mol. The summed E-state index contributed by atoms with van der Waals surface area (Å²) in [5, 5.41) is 13.1. The number of benzene rings is 1. The smallest absolute Gasteiger partial charge is 0.254 e. The molecule has 1 amide bonds. The van der Waals surface area contributed by atoms with Crippen LogP contribution in [-0.4, -0.2) is 23.2 Å². The standard InChI is InChI=1S/C16H22FNO2/c1-2-12-7-9-16(20,10-8-12)11-18-15(19)13-5-3-4-6-14(13)17/h3-6,12,20H,2,7-11H2,1H3,(H,18,19). The Morgan fingerprint density at radius 1 is 1.40 bits per heavy atom. The first-order chi connectivity index (χ1) is 9.54. The molecule has 0 heterocycles. The fourth-order valence-corrected chi connectivity index (χ4v) is 2.79. The van der Waals surface area contributed by atoms with Gasteiger partial charge in [0.2, 0.25) is 0 Å². The van der Waals surface area contributed by atoms with Crippen LogP contribution in [-0.2, 0) is 0 Å². The van der Waals surface area contributed by atoms with Crippen LogP contribution in [0.4, 0.5) is 4.39 Å². The molecule has 0 bridgehead atoms. The van der Waals surface area contributed by atoms with Crippen LogP contribution in [0.25, 0.3) is 0 Å². The number of halogens is 1. The van der Waals surface area contributed by atoms with Crippen molar-refractivity contribution in [3.8, 4) is 0 Å². The molecule has 1 aromatic rings. The van der Waals surface area contributed by atoms with Gasteiger partial charge >= 0.3 is 0 Å². The largest absolute Gasteiger partial charge is 0.388 e. The van der Waals surface area contributed by atoms with Crippen LogP contribution in [0.15, 0.2) is 24.3 Å². The maximum atomic E-state index is 13.5. The third kappa shape index (κ3) is 3.57. The van der Waals surface area contributed by atoms with Crippen molar-refractivity contribution in [1.29, 1.82) is 0 Å². The molecule has 0 spiro atoms. The molecule has 1 aromatic carbocycles. The van der Waals surface area contributed by atoms with Gasteiger partial charge in [-0.25, -0.2) is 4.39 Å². The highest BCUT2D eigenvalue weighted by Gasteiger charge is 2.33. The average Bonchev–Trinajstić information content (AvgIpc) is 2.46. The zero-order valence-corrected chi connectivity index (χ0v) is 11.9. The van der Waals surface area contributed by atoms with Crippen molar-refractivity contribution in [2.24, 2.45) is 5.92 Å². The molecule has 2 rings (SSSR count). The topological polar surface area (TPSA) is 49.3 Å². The second-order valence-electron chi connectivity index (χ2n) is 5.74. The fourth-order valence-electron chi connectivity index (χ4n) is 2.79. The minimum absolute atomic E-state index is 0.0262. The van der Waals surface area contributed by atoms with Gasteiger partial charge in [0.15, 0.2) is 0 Å². The summed E-state index contributed by atoms with van der Waals surface area (Å²) in [6.07, 6.45) is 4.51. The number of hydrogen-bond donors (Lipinski definition) is 2. The van der Waals surface area contributed by atoms with E-state index in [1.807, 2.05) is 0 Å². The van der Waals surface area contributed by atoms with Gasteiger partial charge in [0.05, 0.1) is 11.2 Å². The van der Waals surface area contributed by atoms with E-state index in [0.29, 0.717) is 18.8 Å². The van der Waals surface area contributed by atoms with Gasteiger partial charge in [-0.05, 0) is 43.7 Å². The van der Waals surface area contributed by atoms with E-state index in [-0.39, 0.29) is 12.1 Å². The quantitative estimate of drug-likeness (QED) is 0.890. The van der Waals surface area contributed by atoms with Crippen LogP contribution in [0.1, 0.15) is 49.4 Å². The van der Waals surface area contributed by atoms with Gasteiger partial charge in [0, 0.05) is 6.54 Å². The molecule has 0 unspecified atom stereocenters. The first-order valence-corrected chi connectivity index (χ1v) is 7.29. The minimum atomic E-state index is -0.841. The second kappa shape index (κ2) is 6.35. The predicted molar refractivity (Wildman–Crippen MR) is 75.9 cm³/mol. The van der Waals surface area contributed by atoms with Gasteiger partial charge in [-0.3, -0.25) is 4.79 Å². The fraction of sp³-hybridized carbons (Fsp3) is 0.562. The van der Waals surface area contributed by atoms with Gasteiger partial charge < -0.3 is 10.4 Å². The predicted octanol–water partition coefficient (Wildman–Crippen LogP) is 2.89. The van der Waals surface area contributed by atoms with Gasteiger partial charge in [-0.2, -0.15) is 0 Å². The average molecular weight is 279 g/mol. The molecule has 0 saturated heterocycles. The molecule has 0 radical (unpaired) electrons. The van der Waals surface area contributed by atoms with Crippen LogP contribution in [0, 0.1) is 11.7 Å². The molecule has 3 nitrogen and oxygen atoms in total. The molecule has 1 saturated carbocycles. The summed E-state index contributed by atoms with van der Waals surface area (Å²) in [7, 11) is 0. The van der Waals surface area contributed by atoms with Crippen LogP contribution >= 0.6 is 0 Å². The van der Waals surface area contributed by atoms with Gasteiger partial charge in [0.25, 0.3) is 5.91 Å². The SMILES string of the molecule is CCC1CCC(O)(CNC(=O)c2ccccc2F)CC1. The molecule has 1 fully saturated rings. The lowest BCUT2D eigenvalue weighted by Crippen LogP contribution is -2.45. The number of carbonyl (C=O) groups excluding carboxylic acids is 1. The number of amides is 1. The van der Waals surface area contributed by atoms with E-state index in [2.05, 4.69) is 12.2 Å². The van der Waals surface area contributed by atoms with Crippen molar-refractivity contribution >= 4 is 5.91 Å². The molecule has 1 aliphatic rings. The third-order valence-corrected chi connectivity index (χ3v) is 4.31. The van der Waals surface area contributed by atoms with Crippen molar-refractivity contribution in [2.75, 3.05) is 6.54 Å². The highest BCUT2D eigenvalue weighted by Crippen LogP contribution is 2.33. The highest BCUT2D eigenvalue weighted by molar-refractivity contribution is 5.94. The normalized spacial score (nSPS) is 26.2. The zero-order valence-electron chi connectivity index (χ0n) is 11.9. The molecule has 0 atom stereocenters. The van der Waals surface area contributed by atoms with Gasteiger partial charge in [-0.1, -0.05) is 25.5 Å². The molecule has 4 heteroatoms. The summed E-state index contributed by atoms with van der Waals surface area (Å²) in [5.74, 6) is -0.321. The third-order valence-electron chi connectivity index (χ3n) is 4.31. The second-order valence-corrected chi connectivity index (χ2v) is 5.74. The van der Waals surface area contributed by atoms with E-state index < -0.39 is 17.3 Å². The van der Waals surface area contributed by atoms with Crippen LogP contribution < -0.4 is 5.32 Å². The number of carbonyl (C=O) groups is 1. The maximum absolute atomic E-state index is 13.5. The van der Waals surface area contributed by atoms with E-state index in [4.69, 9.17) is 0 Å². The minimum Gasteiger partial charge on any atom is -0.388 e. The lowest BCUT2D eigenvalue weighted by Gasteiger charge is -2.35. The molecule has 0 aliphatic heterocycles. The van der Waals surface area contributed by atoms with Crippen molar-refractivity contribution < 1.29 is 14.3 Å². The summed E-state index contributed by atoms with van der Waals surface area (Å²) in [6, 6.07) is 5.88. The molecular formula is C16H22FNO2. The van der Waals surface area contributed by atoms with E-state index in [0.717, 1.165) is 19.3 Å². The lowest BCUT2D eigenvalue weighted by atomic mass is 9.78. The molecule has 110 valence electrons. The van der Waals surface area contributed by atoms with E-state index in [1.165, 1.54) is 12.1 Å². The first kappa shape index (κ1) is 15.0. The number of rotatable bonds is 4. The Morgan fingerprint density at radius 3 is 2.65 bits per heavy atom. The summed E-state index contributed by atoms with van der Waals surface area (Å²) in [5.41, 5.74) is -0.814. The van der Waals surface area contributed by atoms with Crippen LogP contribution in [0.5, 0.6) is 0 Å². The molecule has 0 aromatic heterocycles. The van der Waals surface area contributed by atoms with Crippen molar-refractivity contribution in [1.82, 2.24) is 5.32 Å². The van der Waals surface area contributed by atoms with E-state index >= 15 is 0 Å². The molecule has 20 heavy (non-hydrogen) atoms. The Balaban J connectivity index is 1.89. The number of nitrogens with one attached hydrogen (secondary N) is 1. The Kier molecular flexibility index (Phi) is 4.76. The Labute approximate surface area is 119 Å². The first-order valence-electron chi connectivity index (χ1n) is 7.29. The number of hydrogen-bond acceptors (Lipinski definition) is 2. The van der Waals surface area contributed by atoms with Crippen molar-refractivity contribution in [3.05, 3.63) is 35.6 Å². The number of aliphatic hydroxyl groups is 1. The lowest BCUT2D eigenvalue weighted by molar-refractivity contribution is -0.00789. The molecule has 2 N–H and O–H groups in total. The summed E-state index contributed by atoms with van der Waals surface area (Å²) >= 11 is 0. The van der Waals surface area contributed by atoms with Gasteiger partial charge in [0.1, 0.15) is 5.82 Å². The Bertz CT molecular complexity index is 467. The summed E-state index contributed by atoms with van der Waals surface area (Å²) in [6.45, 7) is 2.35. The van der Waals surface area contributed by atoms with Gasteiger partial charge in [-0.15, -0.1) is 0 Å². The maximum Gasteiger partial charge on any atom is 0.254 e. The molecular weight excluding hydrogens is 257 g/mol. The van der Waals surface area contributed by atoms with Crippen LogP contribution in [0.2, 0.25) is 0 Å². The Hall–Kier alpha value is -1.42. The van der Waals surface area contributed by atoms with E-state index in [9.17, 15) is 14.3 Å². The van der Waals surface area contributed by atoms with Crippen molar-refractivity contribution in [3.63, 3.8) is 0 Å². The van der Waals surface area contributed by atoms with E-state index in [1.54, 1.807) is 12.1 Å². The Morgan fingerprint density at radius 2 is 2.05 bits per heavy atom. The zero-order chi connectivity index (χ0) is 14.6. The highest BCUT2D eigenvalue weighted by atomic mass is 19.1. The van der Waals surface area contributed by atoms with Crippen molar-refractivity contribution in [2.45, 2.75) is 44.6 Å². The molecule has 1 aliphatic carbocycles.